The predicted octanol–water partition coefficient (Wildman–Crippen LogP) is 11.2. The van der Waals surface area contributed by atoms with Gasteiger partial charge in [-0.2, -0.15) is 0 Å². The van der Waals surface area contributed by atoms with Crippen LogP contribution in [0.4, 0.5) is 17.2 Å². The first-order chi connectivity index (χ1) is 26.4. The number of anilines is 3. The quantitative estimate of drug-likeness (QED) is 0.0731. The molecule has 1 heterocycles. The lowest BCUT2D eigenvalue weighted by molar-refractivity contribution is 0.102. The van der Waals surface area contributed by atoms with E-state index in [0.29, 0.717) is 12.1 Å². The maximum absolute atomic E-state index is 13.9. The van der Waals surface area contributed by atoms with E-state index >= 15 is 0 Å². The van der Waals surface area contributed by atoms with Crippen LogP contribution in [0.5, 0.6) is 5.75 Å². The van der Waals surface area contributed by atoms with Gasteiger partial charge in [-0.3, -0.25) is 19.4 Å². The summed E-state index contributed by atoms with van der Waals surface area (Å²) in [5, 5.41) is 9.13. The molecule has 10 nitrogen and oxygen atoms in total. The number of benzene rings is 4. The largest absolute Gasteiger partial charge is 0.470 e. The first-order valence-electron chi connectivity index (χ1n) is 18.5. The van der Waals surface area contributed by atoms with Gasteiger partial charge in [0.05, 0.1) is 14.9 Å². The molecule has 4 N–H and O–H groups in total. The summed E-state index contributed by atoms with van der Waals surface area (Å²) in [7, 11) is -4.28. The molecule has 1 amide bonds. The molecule has 1 atom stereocenters. The van der Waals surface area contributed by atoms with Gasteiger partial charge in [-0.05, 0) is 77.8 Å². The summed E-state index contributed by atoms with van der Waals surface area (Å²) in [5.74, 6) is -0.0790. The van der Waals surface area contributed by atoms with Crippen molar-refractivity contribution in [1.29, 1.82) is 0 Å². The highest BCUT2D eigenvalue weighted by atomic mass is 35.5. The van der Waals surface area contributed by atoms with Gasteiger partial charge in [0.1, 0.15) is 11.4 Å². The summed E-state index contributed by atoms with van der Waals surface area (Å²) in [4.78, 5) is 27.6. The molecule has 1 unspecified atom stereocenters. The molecule has 0 aliphatic carbocycles. The summed E-state index contributed by atoms with van der Waals surface area (Å²) in [6.45, 7) is 15.4. The minimum Gasteiger partial charge on any atom is -0.470 e. The van der Waals surface area contributed by atoms with E-state index in [0.717, 1.165) is 35.3 Å². The smallest absolute Gasteiger partial charge is 0.297 e. The number of rotatable bonds is 16. The van der Waals surface area contributed by atoms with Crippen molar-refractivity contribution in [2.24, 2.45) is 0 Å². The van der Waals surface area contributed by atoms with E-state index in [-0.39, 0.29) is 47.9 Å². The standard InChI is InChI=1S/C42H48Cl3N5O5S/c1-8-15-35(55-34-21-20-27(41(4,5)9-2)23-31(34)42(6,7)10-3)46-29-17-14-16-26(22-29)39(51)47-38-36(49-56(53,54)30-18-12-11-13-19-30)40(52)50(48-38)37-32(44)24-28(43)25-33(37)45/h11-14,16-25,35,46,48-49H,8-10,15H2,1-7H3,(H,47,51). The number of nitrogens with one attached hydrogen (secondary N) is 4. The Kier molecular flexibility index (Phi) is 13.3. The minimum absolute atomic E-state index is 0.00533. The van der Waals surface area contributed by atoms with Gasteiger partial charge >= 0.3 is 0 Å². The molecular weight excluding hydrogens is 793 g/mol. The Hall–Kier alpha value is -4.42. The Morgan fingerprint density at radius 3 is 2.14 bits per heavy atom. The maximum Gasteiger partial charge on any atom is 0.297 e. The summed E-state index contributed by atoms with van der Waals surface area (Å²) in [6, 6.07) is 23.5. The van der Waals surface area contributed by atoms with Gasteiger partial charge in [0, 0.05) is 28.3 Å². The topological polar surface area (TPSA) is 134 Å². The van der Waals surface area contributed by atoms with E-state index < -0.39 is 33.4 Å². The third-order valence-corrected chi connectivity index (χ3v) is 12.3. The highest BCUT2D eigenvalue weighted by Gasteiger charge is 2.29. The Bertz CT molecular complexity index is 2350. The van der Waals surface area contributed by atoms with E-state index in [1.54, 1.807) is 36.4 Å². The molecule has 0 spiro atoms. The van der Waals surface area contributed by atoms with Gasteiger partial charge in [-0.25, -0.2) is 13.1 Å². The zero-order valence-electron chi connectivity index (χ0n) is 32.5. The number of aromatic amines is 1. The Morgan fingerprint density at radius 2 is 1.52 bits per heavy atom. The fraction of sp³-hybridized carbons (Fsp3) is 0.333. The Labute approximate surface area is 343 Å². The van der Waals surface area contributed by atoms with E-state index in [4.69, 9.17) is 39.5 Å². The minimum atomic E-state index is -4.28. The lowest BCUT2D eigenvalue weighted by Gasteiger charge is -2.32. The first-order valence-corrected chi connectivity index (χ1v) is 21.1. The molecule has 0 radical (unpaired) electrons. The number of nitrogens with zero attached hydrogens (tertiary/aromatic N) is 1. The molecule has 5 rings (SSSR count). The summed E-state index contributed by atoms with van der Waals surface area (Å²) in [6.07, 6.45) is 3.01. The van der Waals surface area contributed by atoms with E-state index in [1.807, 2.05) is 6.07 Å². The van der Waals surface area contributed by atoms with E-state index in [9.17, 15) is 18.0 Å². The fourth-order valence-electron chi connectivity index (χ4n) is 6.00. The number of aromatic nitrogens is 2. The molecule has 0 saturated heterocycles. The molecule has 0 saturated carbocycles. The molecule has 5 aromatic rings. The van der Waals surface area contributed by atoms with Crippen molar-refractivity contribution in [3.8, 4) is 11.4 Å². The second-order valence-corrected chi connectivity index (χ2v) is 17.8. The van der Waals surface area contributed by atoms with Gasteiger partial charge < -0.3 is 15.4 Å². The van der Waals surface area contributed by atoms with Crippen molar-refractivity contribution in [3.05, 3.63) is 127 Å². The van der Waals surface area contributed by atoms with Crippen LogP contribution in [0.3, 0.4) is 0 Å². The van der Waals surface area contributed by atoms with Crippen molar-refractivity contribution in [1.82, 2.24) is 9.78 Å². The second-order valence-electron chi connectivity index (χ2n) is 14.9. The normalized spacial score (nSPS) is 12.6. The number of carbonyl (C=O) groups excluding carboxylic acids is 1. The zero-order valence-corrected chi connectivity index (χ0v) is 35.6. The maximum atomic E-state index is 13.9. The first kappa shape index (κ1) is 42.7. The molecule has 0 fully saturated rings. The molecular formula is C42H48Cl3N5O5S. The van der Waals surface area contributed by atoms with E-state index in [2.05, 4.69) is 87.1 Å². The number of sulfonamides is 1. The van der Waals surface area contributed by atoms with Crippen molar-refractivity contribution in [3.63, 3.8) is 0 Å². The molecule has 14 heteroatoms. The Morgan fingerprint density at radius 1 is 0.857 bits per heavy atom. The predicted molar refractivity (Wildman–Crippen MR) is 229 cm³/mol. The number of hydrogen-bond acceptors (Lipinski definition) is 6. The average Bonchev–Trinajstić information content (AvgIpc) is 3.44. The van der Waals surface area contributed by atoms with Crippen LogP contribution in [0.25, 0.3) is 5.69 Å². The summed E-state index contributed by atoms with van der Waals surface area (Å²) >= 11 is 19.0. The Balaban J connectivity index is 1.47. The number of hydrogen-bond donors (Lipinski definition) is 4. The molecule has 298 valence electrons. The molecule has 0 aliphatic rings. The van der Waals surface area contributed by atoms with Crippen molar-refractivity contribution in [2.45, 2.75) is 96.1 Å². The van der Waals surface area contributed by atoms with Crippen molar-refractivity contribution >= 4 is 67.9 Å². The zero-order chi connectivity index (χ0) is 41.0. The number of ether oxygens (including phenoxy) is 1. The van der Waals surface area contributed by atoms with Crippen LogP contribution in [0.15, 0.2) is 94.6 Å². The molecule has 4 aromatic carbocycles. The summed E-state index contributed by atoms with van der Waals surface area (Å²) < 4.78 is 36.8. The third-order valence-electron chi connectivity index (χ3n) is 10.2. The number of halogens is 3. The number of carbonyl (C=O) groups is 1. The van der Waals surface area contributed by atoms with Crippen LogP contribution in [-0.2, 0) is 20.9 Å². The lowest BCUT2D eigenvalue weighted by Crippen LogP contribution is -2.29. The average molecular weight is 841 g/mol. The lowest BCUT2D eigenvalue weighted by atomic mass is 9.76. The van der Waals surface area contributed by atoms with Crippen LogP contribution < -0.4 is 25.7 Å². The van der Waals surface area contributed by atoms with E-state index in [1.165, 1.54) is 29.8 Å². The highest BCUT2D eigenvalue weighted by molar-refractivity contribution is 7.92. The number of amides is 1. The van der Waals surface area contributed by atoms with Gasteiger partial charge in [0.25, 0.3) is 21.5 Å². The SMILES string of the molecule is CCCC(Nc1cccc(C(=O)Nc2[nH]n(-c3c(Cl)cc(Cl)cc3Cl)c(=O)c2NS(=O)(=O)c2ccccc2)c1)Oc1ccc(C(C)(C)CC)cc1C(C)(C)CC. The fourth-order valence-corrected chi connectivity index (χ4v) is 8.07. The van der Waals surface area contributed by atoms with Crippen LogP contribution in [0, 0.1) is 0 Å². The van der Waals surface area contributed by atoms with Gasteiger partial charge in [0.15, 0.2) is 17.7 Å². The van der Waals surface area contributed by atoms with Crippen LogP contribution in [-0.4, -0.2) is 30.3 Å². The van der Waals surface area contributed by atoms with Gasteiger partial charge in [-0.1, -0.05) is 126 Å². The van der Waals surface area contributed by atoms with Gasteiger partial charge in [0.2, 0.25) is 0 Å². The monoisotopic (exact) mass is 839 g/mol. The molecule has 0 bridgehead atoms. The third kappa shape index (κ3) is 9.57. The van der Waals surface area contributed by atoms with Crippen LogP contribution in [0.1, 0.15) is 95.6 Å². The molecule has 1 aromatic heterocycles. The molecule has 0 aliphatic heterocycles. The van der Waals surface area contributed by atoms with Crippen molar-refractivity contribution < 1.29 is 17.9 Å². The van der Waals surface area contributed by atoms with Crippen LogP contribution in [0.2, 0.25) is 15.1 Å². The highest BCUT2D eigenvalue weighted by Crippen LogP contribution is 2.39. The van der Waals surface area contributed by atoms with Crippen molar-refractivity contribution in [2.75, 3.05) is 15.4 Å². The molecule has 56 heavy (non-hydrogen) atoms. The number of H-pyrrole nitrogens is 1. The van der Waals surface area contributed by atoms with Crippen LogP contribution >= 0.6 is 34.8 Å². The summed E-state index contributed by atoms with van der Waals surface area (Å²) in [5.41, 5.74) is 1.77. The second kappa shape index (κ2) is 17.4. The van der Waals surface area contributed by atoms with Gasteiger partial charge in [-0.15, -0.1) is 0 Å².